The maximum Gasteiger partial charge on any atom is 0.416 e. The molecule has 112 valence electrons. The molecule has 1 unspecified atom stereocenters. The molecule has 2 N–H and O–H groups in total. The van der Waals surface area contributed by atoms with Crippen LogP contribution in [0.3, 0.4) is 0 Å². The molecule has 0 amide bonds. The molecule has 1 fully saturated rings. The first-order valence-electron chi connectivity index (χ1n) is 6.55. The predicted octanol–water partition coefficient (Wildman–Crippen LogP) is 3.07. The van der Waals surface area contributed by atoms with E-state index >= 15 is 0 Å². The molecule has 1 aromatic rings. The minimum absolute atomic E-state index is 0.111. The van der Waals surface area contributed by atoms with Gasteiger partial charge in [-0.2, -0.15) is 13.2 Å². The number of nitrogens with zero attached hydrogens (tertiary/aromatic N) is 1. The average molecular weight is 288 g/mol. The first-order chi connectivity index (χ1) is 9.31. The van der Waals surface area contributed by atoms with Crippen molar-refractivity contribution < 1.29 is 17.9 Å². The van der Waals surface area contributed by atoms with Crippen LogP contribution in [0.1, 0.15) is 30.5 Å². The summed E-state index contributed by atoms with van der Waals surface area (Å²) in [4.78, 5) is 2.11. The molecule has 0 radical (unpaired) electrons. The smallest absolute Gasteiger partial charge is 0.399 e. The van der Waals surface area contributed by atoms with Gasteiger partial charge >= 0.3 is 6.18 Å². The highest BCUT2D eigenvalue weighted by molar-refractivity contribution is 5.46. The van der Waals surface area contributed by atoms with Crippen LogP contribution in [-0.4, -0.2) is 31.2 Å². The SMILES string of the molecule is CO[C@@H]1CCN(C(C)c2cc(N)cc(C(F)(F)F)c2)C1. The predicted molar refractivity (Wildman–Crippen MR) is 71.3 cm³/mol. The monoisotopic (exact) mass is 288 g/mol. The highest BCUT2D eigenvalue weighted by Crippen LogP contribution is 2.34. The van der Waals surface area contributed by atoms with Crippen LogP contribution in [0.2, 0.25) is 0 Å². The number of alkyl halides is 3. The summed E-state index contributed by atoms with van der Waals surface area (Å²) in [6, 6.07) is 3.65. The summed E-state index contributed by atoms with van der Waals surface area (Å²) in [6.45, 7) is 3.44. The number of methoxy groups -OCH3 is 1. The van der Waals surface area contributed by atoms with E-state index in [1.165, 1.54) is 6.07 Å². The number of anilines is 1. The summed E-state index contributed by atoms with van der Waals surface area (Å²) in [5, 5.41) is 0. The Kier molecular flexibility index (Phi) is 4.25. The van der Waals surface area contributed by atoms with E-state index in [4.69, 9.17) is 10.5 Å². The van der Waals surface area contributed by atoms with Crippen molar-refractivity contribution in [2.75, 3.05) is 25.9 Å². The van der Waals surface area contributed by atoms with Crippen molar-refractivity contribution in [3.05, 3.63) is 29.3 Å². The van der Waals surface area contributed by atoms with Crippen molar-refractivity contribution in [1.82, 2.24) is 4.90 Å². The van der Waals surface area contributed by atoms with Crippen LogP contribution in [0.4, 0.5) is 18.9 Å². The van der Waals surface area contributed by atoms with E-state index in [9.17, 15) is 13.2 Å². The van der Waals surface area contributed by atoms with Crippen LogP contribution in [-0.2, 0) is 10.9 Å². The summed E-state index contributed by atoms with van der Waals surface area (Å²) in [5.41, 5.74) is 5.64. The maximum atomic E-state index is 12.8. The number of rotatable bonds is 3. The van der Waals surface area contributed by atoms with E-state index in [1.54, 1.807) is 13.2 Å². The van der Waals surface area contributed by atoms with E-state index in [1.807, 2.05) is 6.92 Å². The Morgan fingerprint density at radius 2 is 2.05 bits per heavy atom. The fourth-order valence-corrected chi connectivity index (χ4v) is 2.59. The maximum absolute atomic E-state index is 12.8. The molecule has 0 aromatic heterocycles. The Bertz CT molecular complexity index is 476. The number of benzene rings is 1. The fraction of sp³-hybridized carbons (Fsp3) is 0.571. The number of nitrogen functional groups attached to an aromatic ring is 1. The van der Waals surface area contributed by atoms with Crippen LogP contribution in [0, 0.1) is 0 Å². The summed E-state index contributed by atoms with van der Waals surface area (Å²) in [7, 11) is 1.65. The first-order valence-corrected chi connectivity index (χ1v) is 6.55. The van der Waals surface area contributed by atoms with Gasteiger partial charge in [0.25, 0.3) is 0 Å². The van der Waals surface area contributed by atoms with Crippen LogP contribution in [0.25, 0.3) is 0 Å². The molecule has 20 heavy (non-hydrogen) atoms. The highest BCUT2D eigenvalue weighted by Gasteiger charge is 2.33. The van der Waals surface area contributed by atoms with Crippen molar-refractivity contribution in [3.63, 3.8) is 0 Å². The molecule has 3 nitrogen and oxygen atoms in total. The lowest BCUT2D eigenvalue weighted by Gasteiger charge is -2.25. The van der Waals surface area contributed by atoms with Gasteiger partial charge in [0.15, 0.2) is 0 Å². The second-order valence-corrected chi connectivity index (χ2v) is 5.20. The largest absolute Gasteiger partial charge is 0.416 e. The lowest BCUT2D eigenvalue weighted by molar-refractivity contribution is -0.137. The Balaban J connectivity index is 2.22. The van der Waals surface area contributed by atoms with Crippen molar-refractivity contribution >= 4 is 5.69 Å². The van der Waals surface area contributed by atoms with Crippen LogP contribution in [0.5, 0.6) is 0 Å². The summed E-state index contributed by atoms with van der Waals surface area (Å²) in [5.74, 6) is 0. The van der Waals surface area contributed by atoms with Gasteiger partial charge < -0.3 is 10.5 Å². The summed E-state index contributed by atoms with van der Waals surface area (Å²) in [6.07, 6.45) is -3.32. The van der Waals surface area contributed by atoms with Gasteiger partial charge in [-0.05, 0) is 37.1 Å². The van der Waals surface area contributed by atoms with Crippen molar-refractivity contribution in [2.24, 2.45) is 0 Å². The van der Waals surface area contributed by atoms with Crippen molar-refractivity contribution in [1.29, 1.82) is 0 Å². The summed E-state index contributed by atoms with van der Waals surface area (Å²) < 4.78 is 43.7. The number of halogens is 3. The quantitative estimate of drug-likeness (QED) is 0.869. The lowest BCUT2D eigenvalue weighted by atomic mass is 10.0. The summed E-state index contributed by atoms with van der Waals surface area (Å²) >= 11 is 0. The normalized spacial score (nSPS) is 22.1. The zero-order chi connectivity index (χ0) is 14.9. The highest BCUT2D eigenvalue weighted by atomic mass is 19.4. The van der Waals surface area contributed by atoms with Gasteiger partial charge in [0, 0.05) is 31.9 Å². The molecule has 0 bridgehead atoms. The molecule has 1 aromatic carbocycles. The van der Waals surface area contributed by atoms with Gasteiger partial charge in [-0.1, -0.05) is 0 Å². The third-order valence-electron chi connectivity index (χ3n) is 3.84. The van der Waals surface area contributed by atoms with Crippen molar-refractivity contribution in [3.8, 4) is 0 Å². The molecule has 0 spiro atoms. The van der Waals surface area contributed by atoms with E-state index in [2.05, 4.69) is 4.90 Å². The number of hydrogen-bond acceptors (Lipinski definition) is 3. The van der Waals surface area contributed by atoms with Crippen LogP contribution < -0.4 is 5.73 Å². The molecule has 6 heteroatoms. The Morgan fingerprint density at radius 3 is 2.60 bits per heavy atom. The fourth-order valence-electron chi connectivity index (χ4n) is 2.59. The zero-order valence-electron chi connectivity index (χ0n) is 11.6. The third-order valence-corrected chi connectivity index (χ3v) is 3.84. The molecular formula is C14H19F3N2O. The van der Waals surface area contributed by atoms with E-state index in [-0.39, 0.29) is 17.8 Å². The first kappa shape index (κ1) is 15.1. The van der Waals surface area contributed by atoms with E-state index < -0.39 is 11.7 Å². The molecule has 2 atom stereocenters. The molecule has 0 aliphatic carbocycles. The van der Waals surface area contributed by atoms with Gasteiger partial charge in [-0.15, -0.1) is 0 Å². The average Bonchev–Trinajstić information content (AvgIpc) is 2.84. The van der Waals surface area contributed by atoms with Gasteiger partial charge in [-0.3, -0.25) is 4.90 Å². The number of ether oxygens (including phenoxy) is 1. The number of likely N-dealkylation sites (tertiary alicyclic amines) is 1. The molecule has 1 saturated heterocycles. The number of hydrogen-bond donors (Lipinski definition) is 1. The Morgan fingerprint density at radius 1 is 1.35 bits per heavy atom. The molecule has 1 aliphatic heterocycles. The van der Waals surface area contributed by atoms with Gasteiger partial charge in [0.05, 0.1) is 11.7 Å². The second kappa shape index (κ2) is 5.61. The minimum atomic E-state index is -4.37. The molecule has 1 aliphatic rings. The standard InChI is InChI=1S/C14H19F3N2O/c1-9(19-4-3-13(8-19)20-2)10-5-11(14(15,16)17)7-12(18)6-10/h5-7,9,13H,3-4,8,18H2,1-2H3/t9?,13-/m1/s1. The lowest BCUT2D eigenvalue weighted by Crippen LogP contribution is -2.26. The molecule has 0 saturated carbocycles. The molecule has 1 heterocycles. The van der Waals surface area contributed by atoms with Crippen molar-refractivity contribution in [2.45, 2.75) is 31.7 Å². The van der Waals surface area contributed by atoms with Gasteiger partial charge in [0.1, 0.15) is 0 Å². The zero-order valence-corrected chi connectivity index (χ0v) is 11.6. The van der Waals surface area contributed by atoms with E-state index in [0.29, 0.717) is 5.56 Å². The minimum Gasteiger partial charge on any atom is -0.399 e. The van der Waals surface area contributed by atoms with Crippen LogP contribution >= 0.6 is 0 Å². The van der Waals surface area contributed by atoms with Gasteiger partial charge in [0.2, 0.25) is 0 Å². The number of nitrogens with two attached hydrogens (primary N) is 1. The van der Waals surface area contributed by atoms with Gasteiger partial charge in [-0.25, -0.2) is 0 Å². The third kappa shape index (κ3) is 3.24. The molecular weight excluding hydrogens is 269 g/mol. The Labute approximate surface area is 116 Å². The second-order valence-electron chi connectivity index (χ2n) is 5.20. The Hall–Kier alpha value is -1.27. The topological polar surface area (TPSA) is 38.5 Å². The van der Waals surface area contributed by atoms with Crippen LogP contribution in [0.15, 0.2) is 18.2 Å². The molecule has 2 rings (SSSR count). The van der Waals surface area contributed by atoms with E-state index in [0.717, 1.165) is 25.6 Å².